The van der Waals surface area contributed by atoms with Crippen LogP contribution in [-0.4, -0.2) is 34.2 Å². The zero-order valence-corrected chi connectivity index (χ0v) is 17.0. The molecule has 28 heavy (non-hydrogen) atoms. The normalized spacial score (nSPS) is 11.1. The van der Waals surface area contributed by atoms with Crippen LogP contribution in [0.15, 0.2) is 47.4 Å². The number of hydrogen-bond acceptors (Lipinski definition) is 6. The van der Waals surface area contributed by atoms with Crippen molar-refractivity contribution in [1.82, 2.24) is 0 Å². The van der Waals surface area contributed by atoms with Crippen molar-refractivity contribution < 1.29 is 27.4 Å². The van der Waals surface area contributed by atoms with Crippen LogP contribution in [0.4, 0.5) is 0 Å². The van der Waals surface area contributed by atoms with Gasteiger partial charge in [-0.05, 0) is 61.4 Å². The highest BCUT2D eigenvalue weighted by molar-refractivity contribution is 7.89. The lowest BCUT2D eigenvalue weighted by atomic mass is 10.2. The number of halogens is 1. The first-order valence-electron chi connectivity index (χ1n) is 8.56. The van der Waals surface area contributed by atoms with Crippen LogP contribution in [0.1, 0.15) is 18.4 Å². The van der Waals surface area contributed by atoms with Crippen LogP contribution < -0.4 is 14.6 Å². The SMILES string of the molecule is Cc1cc(OCCCC(=O)OCCOc2ccc(S(N)(=O)=O)cc2)ccc1Cl. The second kappa shape index (κ2) is 10.3. The van der Waals surface area contributed by atoms with E-state index in [4.69, 9.17) is 31.0 Å². The number of ether oxygens (including phenoxy) is 3. The maximum absolute atomic E-state index is 11.7. The van der Waals surface area contributed by atoms with Crippen LogP contribution in [0.3, 0.4) is 0 Å². The lowest BCUT2D eigenvalue weighted by Crippen LogP contribution is -2.13. The fraction of sp³-hybridized carbons (Fsp3) is 0.316. The zero-order chi connectivity index (χ0) is 20.6. The molecule has 2 N–H and O–H groups in total. The second-order valence-electron chi connectivity index (χ2n) is 5.95. The monoisotopic (exact) mass is 427 g/mol. The molecule has 2 aromatic carbocycles. The number of esters is 1. The molecule has 152 valence electrons. The molecule has 7 nitrogen and oxygen atoms in total. The third kappa shape index (κ3) is 7.38. The first kappa shape index (κ1) is 22.0. The fourth-order valence-electron chi connectivity index (χ4n) is 2.23. The van der Waals surface area contributed by atoms with Crippen molar-refractivity contribution in [1.29, 1.82) is 0 Å². The summed E-state index contributed by atoms with van der Waals surface area (Å²) in [6.45, 7) is 2.53. The summed E-state index contributed by atoms with van der Waals surface area (Å²) in [5, 5.41) is 5.70. The van der Waals surface area contributed by atoms with Gasteiger partial charge in [-0.15, -0.1) is 0 Å². The standard InChI is InChI=1S/C19H22ClNO6S/c1-14-13-16(6-9-18(14)20)25-10-2-3-19(22)27-12-11-26-15-4-7-17(8-5-15)28(21,23)24/h4-9,13H,2-3,10-12H2,1H3,(H2,21,23,24). The Morgan fingerprint density at radius 2 is 1.64 bits per heavy atom. The smallest absolute Gasteiger partial charge is 0.306 e. The molecule has 0 aliphatic heterocycles. The predicted molar refractivity (Wildman–Crippen MR) is 105 cm³/mol. The van der Waals surface area contributed by atoms with E-state index in [1.807, 2.05) is 13.0 Å². The molecular formula is C19H22ClNO6S. The van der Waals surface area contributed by atoms with Gasteiger partial charge in [0, 0.05) is 11.4 Å². The molecule has 0 amide bonds. The number of rotatable bonds is 10. The minimum Gasteiger partial charge on any atom is -0.494 e. The van der Waals surface area contributed by atoms with Crippen LogP contribution >= 0.6 is 11.6 Å². The van der Waals surface area contributed by atoms with Gasteiger partial charge in [-0.1, -0.05) is 11.6 Å². The molecule has 2 rings (SSSR count). The molecule has 0 saturated carbocycles. The maximum atomic E-state index is 11.7. The number of nitrogens with two attached hydrogens (primary N) is 1. The van der Waals surface area contributed by atoms with Crippen LogP contribution in [0.2, 0.25) is 5.02 Å². The predicted octanol–water partition coefficient (Wildman–Crippen LogP) is 3.08. The second-order valence-corrected chi connectivity index (χ2v) is 7.92. The molecule has 0 aliphatic rings. The largest absolute Gasteiger partial charge is 0.494 e. The van der Waals surface area contributed by atoms with E-state index in [1.165, 1.54) is 24.3 Å². The summed E-state index contributed by atoms with van der Waals surface area (Å²) in [6.07, 6.45) is 0.756. The highest BCUT2D eigenvalue weighted by Gasteiger charge is 2.07. The summed E-state index contributed by atoms with van der Waals surface area (Å²) in [6, 6.07) is 11.0. The molecule has 0 atom stereocenters. The number of hydrogen-bond donors (Lipinski definition) is 1. The van der Waals surface area contributed by atoms with Gasteiger partial charge in [0.15, 0.2) is 0 Å². The summed E-state index contributed by atoms with van der Waals surface area (Å²) in [7, 11) is -3.73. The van der Waals surface area contributed by atoms with E-state index in [0.29, 0.717) is 29.5 Å². The first-order chi connectivity index (χ1) is 13.3. The average molecular weight is 428 g/mol. The maximum Gasteiger partial charge on any atom is 0.306 e. The average Bonchev–Trinajstić information content (AvgIpc) is 2.65. The van der Waals surface area contributed by atoms with E-state index in [0.717, 1.165) is 5.56 Å². The Morgan fingerprint density at radius 1 is 1.00 bits per heavy atom. The van der Waals surface area contributed by atoms with E-state index in [-0.39, 0.29) is 30.5 Å². The Bertz CT molecular complexity index is 899. The van der Waals surface area contributed by atoms with Gasteiger partial charge in [0.2, 0.25) is 10.0 Å². The molecule has 0 bridgehead atoms. The van der Waals surface area contributed by atoms with Gasteiger partial charge in [0.05, 0.1) is 11.5 Å². The van der Waals surface area contributed by atoms with Gasteiger partial charge in [0.25, 0.3) is 0 Å². The van der Waals surface area contributed by atoms with Crippen molar-refractivity contribution in [3.8, 4) is 11.5 Å². The molecule has 0 saturated heterocycles. The van der Waals surface area contributed by atoms with Crippen molar-refractivity contribution >= 4 is 27.6 Å². The number of sulfonamides is 1. The zero-order valence-electron chi connectivity index (χ0n) is 15.4. The minimum absolute atomic E-state index is 0.00209. The van der Waals surface area contributed by atoms with Crippen LogP contribution in [-0.2, 0) is 19.6 Å². The van der Waals surface area contributed by atoms with Crippen molar-refractivity contribution in [2.24, 2.45) is 5.14 Å². The van der Waals surface area contributed by atoms with Crippen molar-refractivity contribution in [3.63, 3.8) is 0 Å². The third-order valence-electron chi connectivity index (χ3n) is 3.69. The first-order valence-corrected chi connectivity index (χ1v) is 10.5. The minimum atomic E-state index is -3.73. The van der Waals surface area contributed by atoms with E-state index in [2.05, 4.69) is 0 Å². The molecule has 0 fully saturated rings. The number of carbonyl (C=O) groups excluding carboxylic acids is 1. The van der Waals surface area contributed by atoms with E-state index in [9.17, 15) is 13.2 Å². The van der Waals surface area contributed by atoms with E-state index < -0.39 is 10.0 Å². The highest BCUT2D eigenvalue weighted by atomic mass is 35.5. The van der Waals surface area contributed by atoms with Gasteiger partial charge in [-0.25, -0.2) is 13.6 Å². The molecule has 2 aromatic rings. The Labute approximate surface area is 169 Å². The molecular weight excluding hydrogens is 406 g/mol. The van der Waals surface area contributed by atoms with Gasteiger partial charge in [-0.2, -0.15) is 0 Å². The third-order valence-corrected chi connectivity index (χ3v) is 5.04. The van der Waals surface area contributed by atoms with Crippen molar-refractivity contribution in [2.45, 2.75) is 24.7 Å². The van der Waals surface area contributed by atoms with Crippen molar-refractivity contribution in [2.75, 3.05) is 19.8 Å². The molecule has 0 aromatic heterocycles. The number of primary sulfonamides is 1. The molecule has 0 spiro atoms. The number of carbonyl (C=O) groups is 1. The van der Waals surface area contributed by atoms with E-state index >= 15 is 0 Å². The van der Waals surface area contributed by atoms with Gasteiger partial charge < -0.3 is 14.2 Å². The topological polar surface area (TPSA) is 105 Å². The summed E-state index contributed by atoms with van der Waals surface area (Å²) in [4.78, 5) is 11.7. The molecule has 0 aliphatic carbocycles. The quantitative estimate of drug-likeness (QED) is 0.461. The van der Waals surface area contributed by atoms with E-state index in [1.54, 1.807) is 12.1 Å². The Kier molecular flexibility index (Phi) is 8.10. The van der Waals surface area contributed by atoms with Crippen LogP contribution in [0, 0.1) is 6.92 Å². The Hall–Kier alpha value is -2.29. The number of benzene rings is 2. The van der Waals surface area contributed by atoms with Crippen molar-refractivity contribution in [3.05, 3.63) is 53.1 Å². The number of aryl methyl sites for hydroxylation is 1. The van der Waals surface area contributed by atoms with Gasteiger partial charge >= 0.3 is 5.97 Å². The Morgan fingerprint density at radius 3 is 2.29 bits per heavy atom. The lowest BCUT2D eigenvalue weighted by Gasteiger charge is -2.09. The Balaban J connectivity index is 1.59. The fourth-order valence-corrected chi connectivity index (χ4v) is 2.86. The van der Waals surface area contributed by atoms with Crippen LogP contribution in [0.25, 0.3) is 0 Å². The summed E-state index contributed by atoms with van der Waals surface area (Å²) < 4.78 is 38.3. The summed E-state index contributed by atoms with van der Waals surface area (Å²) >= 11 is 5.95. The lowest BCUT2D eigenvalue weighted by molar-refractivity contribution is -0.144. The van der Waals surface area contributed by atoms with Gasteiger partial charge in [-0.3, -0.25) is 4.79 Å². The van der Waals surface area contributed by atoms with Crippen LogP contribution in [0.5, 0.6) is 11.5 Å². The molecule has 0 heterocycles. The highest BCUT2D eigenvalue weighted by Crippen LogP contribution is 2.21. The van der Waals surface area contributed by atoms with Gasteiger partial charge in [0.1, 0.15) is 24.7 Å². The molecule has 0 radical (unpaired) electrons. The summed E-state index contributed by atoms with van der Waals surface area (Å²) in [5.74, 6) is 0.816. The molecule has 9 heteroatoms. The molecule has 0 unspecified atom stereocenters. The summed E-state index contributed by atoms with van der Waals surface area (Å²) in [5.41, 5.74) is 0.929.